The van der Waals surface area contributed by atoms with E-state index in [1.807, 2.05) is 6.07 Å². The molecular formula is C15H12OS3. The highest BCUT2D eigenvalue weighted by Crippen LogP contribution is 2.41. The average Bonchev–Trinajstić information content (AvgIpc) is 3.07. The summed E-state index contributed by atoms with van der Waals surface area (Å²) in [6, 6.07) is 8.45. The quantitative estimate of drug-likeness (QED) is 0.573. The van der Waals surface area contributed by atoms with Crippen LogP contribution in [-0.2, 0) is 0 Å². The van der Waals surface area contributed by atoms with E-state index in [1.165, 1.54) is 30.6 Å². The number of hydrogen-bond acceptors (Lipinski definition) is 4. The van der Waals surface area contributed by atoms with Gasteiger partial charge in [0.2, 0.25) is 0 Å². The Hall–Kier alpha value is -1.23. The molecule has 96 valence electrons. The van der Waals surface area contributed by atoms with Gasteiger partial charge in [0.25, 0.3) is 0 Å². The minimum Gasteiger partial charge on any atom is -0.297 e. The SMILES string of the molecule is Cc1ccsc1-c1ccc(-c2sc(C=O)cc2C)s1. The molecule has 0 fully saturated rings. The van der Waals surface area contributed by atoms with E-state index in [0.717, 1.165) is 11.2 Å². The van der Waals surface area contributed by atoms with Crippen molar-refractivity contribution in [1.29, 1.82) is 0 Å². The van der Waals surface area contributed by atoms with Crippen LogP contribution in [0.25, 0.3) is 19.5 Å². The van der Waals surface area contributed by atoms with E-state index in [1.54, 1.807) is 34.0 Å². The molecule has 0 amide bonds. The van der Waals surface area contributed by atoms with Gasteiger partial charge in [-0.2, -0.15) is 0 Å². The molecule has 0 aromatic carbocycles. The average molecular weight is 304 g/mol. The van der Waals surface area contributed by atoms with Gasteiger partial charge < -0.3 is 0 Å². The van der Waals surface area contributed by atoms with Crippen molar-refractivity contribution in [2.24, 2.45) is 0 Å². The van der Waals surface area contributed by atoms with Gasteiger partial charge in [0, 0.05) is 19.5 Å². The molecule has 0 aliphatic heterocycles. The van der Waals surface area contributed by atoms with Crippen LogP contribution in [0.2, 0.25) is 0 Å². The molecule has 0 bridgehead atoms. The predicted octanol–water partition coefficient (Wildman–Crippen LogP) is 5.63. The lowest BCUT2D eigenvalue weighted by molar-refractivity contribution is 0.112. The Morgan fingerprint density at radius 1 is 0.947 bits per heavy atom. The third-order valence-electron chi connectivity index (χ3n) is 2.97. The zero-order valence-corrected chi connectivity index (χ0v) is 13.0. The molecule has 0 saturated heterocycles. The molecule has 0 saturated carbocycles. The Kier molecular flexibility index (Phi) is 3.39. The topological polar surface area (TPSA) is 17.1 Å². The van der Waals surface area contributed by atoms with Crippen molar-refractivity contribution in [2.75, 3.05) is 0 Å². The molecule has 0 unspecified atom stereocenters. The van der Waals surface area contributed by atoms with Crippen LogP contribution >= 0.6 is 34.0 Å². The smallest absolute Gasteiger partial charge is 0.160 e. The highest BCUT2D eigenvalue weighted by Gasteiger charge is 2.12. The number of carbonyl (C=O) groups is 1. The summed E-state index contributed by atoms with van der Waals surface area (Å²) in [5, 5.41) is 2.13. The molecule has 3 heterocycles. The first kappa shape index (κ1) is 12.8. The molecule has 0 spiro atoms. The molecule has 0 atom stereocenters. The van der Waals surface area contributed by atoms with Crippen molar-refractivity contribution in [3.63, 3.8) is 0 Å². The maximum Gasteiger partial charge on any atom is 0.160 e. The van der Waals surface area contributed by atoms with E-state index in [4.69, 9.17) is 0 Å². The molecule has 0 aliphatic carbocycles. The Morgan fingerprint density at radius 3 is 2.26 bits per heavy atom. The van der Waals surface area contributed by atoms with E-state index >= 15 is 0 Å². The molecule has 0 aliphatic rings. The van der Waals surface area contributed by atoms with Gasteiger partial charge in [-0.05, 0) is 54.6 Å². The van der Waals surface area contributed by atoms with Gasteiger partial charge in [-0.15, -0.1) is 34.0 Å². The van der Waals surface area contributed by atoms with Gasteiger partial charge >= 0.3 is 0 Å². The van der Waals surface area contributed by atoms with Crippen LogP contribution in [0.1, 0.15) is 20.8 Å². The van der Waals surface area contributed by atoms with Gasteiger partial charge in [-0.3, -0.25) is 4.79 Å². The molecule has 0 radical (unpaired) electrons. The zero-order chi connectivity index (χ0) is 13.4. The van der Waals surface area contributed by atoms with Crippen molar-refractivity contribution in [3.05, 3.63) is 45.6 Å². The molecule has 1 nitrogen and oxygen atoms in total. The summed E-state index contributed by atoms with van der Waals surface area (Å²) in [4.78, 5) is 16.8. The molecular weight excluding hydrogens is 292 g/mol. The minimum absolute atomic E-state index is 0.801. The first-order valence-electron chi connectivity index (χ1n) is 5.89. The van der Waals surface area contributed by atoms with Crippen molar-refractivity contribution in [1.82, 2.24) is 0 Å². The van der Waals surface area contributed by atoms with E-state index in [-0.39, 0.29) is 0 Å². The third-order valence-corrected chi connectivity index (χ3v) is 6.59. The van der Waals surface area contributed by atoms with Crippen molar-refractivity contribution >= 4 is 40.3 Å². The molecule has 3 rings (SSSR count). The summed E-state index contributed by atoms with van der Waals surface area (Å²) in [6.07, 6.45) is 0.930. The summed E-state index contributed by atoms with van der Waals surface area (Å²) in [5.41, 5.74) is 2.51. The van der Waals surface area contributed by atoms with Crippen molar-refractivity contribution < 1.29 is 4.79 Å². The van der Waals surface area contributed by atoms with Crippen LogP contribution in [0, 0.1) is 13.8 Å². The number of carbonyl (C=O) groups excluding carboxylic acids is 1. The van der Waals surface area contributed by atoms with Gasteiger partial charge in [0.1, 0.15) is 0 Å². The normalized spacial score (nSPS) is 10.8. The molecule has 3 aromatic rings. The maximum absolute atomic E-state index is 10.9. The lowest BCUT2D eigenvalue weighted by Crippen LogP contribution is -1.68. The maximum atomic E-state index is 10.9. The second-order valence-electron chi connectivity index (χ2n) is 4.38. The van der Waals surface area contributed by atoms with Gasteiger partial charge in [-0.25, -0.2) is 0 Å². The highest BCUT2D eigenvalue weighted by atomic mass is 32.1. The number of aldehydes is 1. The second kappa shape index (κ2) is 5.04. The largest absolute Gasteiger partial charge is 0.297 e. The first-order chi connectivity index (χ1) is 9.19. The van der Waals surface area contributed by atoms with E-state index in [2.05, 4.69) is 37.4 Å². The van der Waals surface area contributed by atoms with Crippen molar-refractivity contribution in [3.8, 4) is 19.5 Å². The Morgan fingerprint density at radius 2 is 1.68 bits per heavy atom. The molecule has 19 heavy (non-hydrogen) atoms. The zero-order valence-electron chi connectivity index (χ0n) is 10.6. The first-order valence-corrected chi connectivity index (χ1v) is 8.40. The lowest BCUT2D eigenvalue weighted by Gasteiger charge is -1.95. The molecule has 3 aromatic heterocycles. The third kappa shape index (κ3) is 2.31. The van der Waals surface area contributed by atoms with Crippen molar-refractivity contribution in [2.45, 2.75) is 13.8 Å². The monoisotopic (exact) mass is 304 g/mol. The van der Waals surface area contributed by atoms with Crippen LogP contribution < -0.4 is 0 Å². The summed E-state index contributed by atoms with van der Waals surface area (Å²) >= 11 is 5.16. The summed E-state index contributed by atoms with van der Waals surface area (Å²) in [7, 11) is 0. The summed E-state index contributed by atoms with van der Waals surface area (Å²) in [6.45, 7) is 4.21. The minimum atomic E-state index is 0.801. The molecule has 0 N–H and O–H groups in total. The number of rotatable bonds is 3. The second-order valence-corrected chi connectivity index (χ2v) is 7.46. The van der Waals surface area contributed by atoms with E-state index in [0.29, 0.717) is 0 Å². The van der Waals surface area contributed by atoms with Gasteiger partial charge in [0.15, 0.2) is 6.29 Å². The fraction of sp³-hybridized carbons (Fsp3) is 0.133. The van der Waals surface area contributed by atoms with Crippen LogP contribution in [0.4, 0.5) is 0 Å². The highest BCUT2D eigenvalue weighted by molar-refractivity contribution is 7.26. The summed E-state index contributed by atoms with van der Waals surface area (Å²) < 4.78 is 0. The predicted molar refractivity (Wildman–Crippen MR) is 85.8 cm³/mol. The number of hydrogen-bond donors (Lipinski definition) is 0. The fourth-order valence-electron chi connectivity index (χ4n) is 2.02. The summed E-state index contributed by atoms with van der Waals surface area (Å²) in [5.74, 6) is 0. The Bertz CT molecular complexity index is 730. The van der Waals surface area contributed by atoms with Crippen LogP contribution in [-0.4, -0.2) is 6.29 Å². The lowest BCUT2D eigenvalue weighted by atomic mass is 10.2. The number of thiophene rings is 3. The van der Waals surface area contributed by atoms with E-state index < -0.39 is 0 Å². The standard InChI is InChI=1S/C15H12OS3/c1-9-5-6-17-14(9)12-3-4-13(19-12)15-10(2)7-11(8-16)18-15/h3-8H,1-2H3. The van der Waals surface area contributed by atoms with E-state index in [9.17, 15) is 4.79 Å². The fourth-order valence-corrected chi connectivity index (χ4v) is 5.31. The van der Waals surface area contributed by atoms with Gasteiger partial charge in [0.05, 0.1) is 4.88 Å². The Labute approximate surface area is 124 Å². The molecule has 4 heteroatoms. The Balaban J connectivity index is 2.03. The number of aryl methyl sites for hydroxylation is 2. The van der Waals surface area contributed by atoms with Crippen LogP contribution in [0.15, 0.2) is 29.6 Å². The van der Waals surface area contributed by atoms with Crippen LogP contribution in [0.5, 0.6) is 0 Å². The van der Waals surface area contributed by atoms with Crippen LogP contribution in [0.3, 0.4) is 0 Å². The van der Waals surface area contributed by atoms with Gasteiger partial charge in [-0.1, -0.05) is 0 Å².